The molecule has 0 saturated heterocycles. The summed E-state index contributed by atoms with van der Waals surface area (Å²) in [5.74, 6) is -0.217. The van der Waals surface area contributed by atoms with Crippen LogP contribution in [0, 0.1) is 20.8 Å². The number of hydrogen-bond donors (Lipinski definition) is 2. The van der Waals surface area contributed by atoms with Gasteiger partial charge in [0.2, 0.25) is 15.7 Å². The Morgan fingerprint density at radius 2 is 1.75 bits per heavy atom. The highest BCUT2D eigenvalue weighted by Gasteiger charge is 2.24. The van der Waals surface area contributed by atoms with E-state index in [-0.39, 0.29) is 16.0 Å². The molecule has 3 rings (SSSR count). The second-order valence-corrected chi connectivity index (χ2v) is 10.6. The average Bonchev–Trinajstić information content (AvgIpc) is 2.74. The Bertz CT molecular complexity index is 1300. The molecule has 0 saturated carbocycles. The minimum atomic E-state index is -4.00. The van der Waals surface area contributed by atoms with E-state index >= 15 is 0 Å². The monoisotopic (exact) mass is 471 g/mol. The molecule has 32 heavy (non-hydrogen) atoms. The summed E-state index contributed by atoms with van der Waals surface area (Å²) in [5, 5.41) is 2.59. The normalized spacial score (nSPS) is 12.4. The van der Waals surface area contributed by atoms with Gasteiger partial charge in [0.25, 0.3) is 5.56 Å². The van der Waals surface area contributed by atoms with E-state index in [1.165, 1.54) is 12.1 Å². The van der Waals surface area contributed by atoms with Gasteiger partial charge >= 0.3 is 0 Å². The first kappa shape index (κ1) is 23.7. The molecule has 9 heteroatoms. The number of thioether (sulfide) groups is 1. The molecule has 2 N–H and O–H groups in total. The van der Waals surface area contributed by atoms with Crippen LogP contribution in [-0.2, 0) is 14.6 Å². The molecule has 0 aliphatic heterocycles. The van der Waals surface area contributed by atoms with Crippen LogP contribution in [0.5, 0.6) is 0 Å². The van der Waals surface area contributed by atoms with Crippen molar-refractivity contribution in [3.8, 4) is 0 Å². The molecule has 0 radical (unpaired) electrons. The van der Waals surface area contributed by atoms with Gasteiger partial charge in [0, 0.05) is 5.69 Å². The lowest BCUT2D eigenvalue weighted by atomic mass is 10.1. The first-order valence-corrected chi connectivity index (χ1v) is 12.4. The molecule has 1 atom stereocenters. The van der Waals surface area contributed by atoms with Crippen molar-refractivity contribution in [3.63, 3.8) is 0 Å². The number of amides is 1. The van der Waals surface area contributed by atoms with Crippen molar-refractivity contribution in [1.29, 1.82) is 0 Å². The zero-order chi connectivity index (χ0) is 23.5. The van der Waals surface area contributed by atoms with Gasteiger partial charge in [-0.15, -0.1) is 0 Å². The predicted molar refractivity (Wildman–Crippen MR) is 126 cm³/mol. The number of nitrogens with one attached hydrogen (secondary N) is 2. The van der Waals surface area contributed by atoms with Crippen molar-refractivity contribution in [2.45, 2.75) is 54.3 Å². The van der Waals surface area contributed by atoms with Crippen LogP contribution in [0.3, 0.4) is 0 Å². The van der Waals surface area contributed by atoms with E-state index in [4.69, 9.17) is 0 Å². The Morgan fingerprint density at radius 3 is 2.38 bits per heavy atom. The molecule has 2 aromatic carbocycles. The quantitative estimate of drug-likeness (QED) is 0.398. The van der Waals surface area contributed by atoms with Crippen LogP contribution in [0.25, 0.3) is 0 Å². The number of hydrogen-bond acceptors (Lipinski definition) is 6. The first-order chi connectivity index (χ1) is 15.1. The maximum absolute atomic E-state index is 12.8. The minimum Gasteiger partial charge on any atom is -0.325 e. The van der Waals surface area contributed by atoms with E-state index in [1.54, 1.807) is 12.1 Å². The number of carbonyl (C=O) groups is 1. The fraction of sp³-hybridized carbons (Fsp3) is 0.261. The lowest BCUT2D eigenvalue weighted by Crippen LogP contribution is -2.26. The third-order valence-corrected chi connectivity index (χ3v) is 7.96. The summed E-state index contributed by atoms with van der Waals surface area (Å²) in [6, 6.07) is 12.0. The number of rotatable bonds is 7. The lowest BCUT2D eigenvalue weighted by Gasteiger charge is -2.16. The molecule has 1 unspecified atom stereocenters. The van der Waals surface area contributed by atoms with Crippen molar-refractivity contribution in [3.05, 3.63) is 75.7 Å². The Hall–Kier alpha value is -2.91. The smallest absolute Gasteiger partial charge is 0.270 e. The van der Waals surface area contributed by atoms with Crippen LogP contribution in [0.15, 0.2) is 68.4 Å². The van der Waals surface area contributed by atoms with Gasteiger partial charge in [-0.1, -0.05) is 48.5 Å². The fourth-order valence-corrected chi connectivity index (χ4v) is 5.11. The maximum atomic E-state index is 12.8. The van der Waals surface area contributed by atoms with Crippen LogP contribution in [0.1, 0.15) is 30.0 Å². The SMILES string of the molecule is CCC(Sc1ncc(S(=O)(=O)c2ccc(C)cc2)c(=O)[nH]1)C(=O)Nc1cc(C)ccc1C. The summed E-state index contributed by atoms with van der Waals surface area (Å²) < 4.78 is 25.6. The number of aryl methyl sites for hydroxylation is 3. The molecule has 1 amide bonds. The Labute approximate surface area is 191 Å². The van der Waals surface area contributed by atoms with Gasteiger partial charge in [-0.05, 0) is 56.5 Å². The molecular weight excluding hydrogens is 446 g/mol. The number of aromatic amines is 1. The zero-order valence-electron chi connectivity index (χ0n) is 18.3. The second kappa shape index (κ2) is 9.70. The van der Waals surface area contributed by atoms with E-state index in [0.29, 0.717) is 6.42 Å². The Balaban J connectivity index is 1.80. The van der Waals surface area contributed by atoms with E-state index in [1.807, 2.05) is 45.9 Å². The summed E-state index contributed by atoms with van der Waals surface area (Å²) in [5.41, 5.74) is 2.85. The molecule has 3 aromatic rings. The van der Waals surface area contributed by atoms with Crippen LogP contribution < -0.4 is 10.9 Å². The molecule has 0 aliphatic carbocycles. The van der Waals surface area contributed by atoms with Gasteiger partial charge in [-0.25, -0.2) is 13.4 Å². The third-order valence-electron chi connectivity index (χ3n) is 4.93. The number of sulfone groups is 1. The predicted octanol–water partition coefficient (Wildman–Crippen LogP) is 4.04. The van der Waals surface area contributed by atoms with Gasteiger partial charge in [0.1, 0.15) is 0 Å². The highest BCUT2D eigenvalue weighted by Crippen LogP contribution is 2.25. The lowest BCUT2D eigenvalue weighted by molar-refractivity contribution is -0.115. The fourth-order valence-electron chi connectivity index (χ4n) is 3.00. The zero-order valence-corrected chi connectivity index (χ0v) is 19.9. The van der Waals surface area contributed by atoms with Gasteiger partial charge in [0.05, 0.1) is 16.3 Å². The Kier molecular flexibility index (Phi) is 7.20. The van der Waals surface area contributed by atoms with Gasteiger partial charge < -0.3 is 10.3 Å². The highest BCUT2D eigenvalue weighted by atomic mass is 32.2. The molecule has 7 nitrogen and oxygen atoms in total. The number of benzene rings is 2. The van der Waals surface area contributed by atoms with Crippen molar-refractivity contribution in [2.24, 2.45) is 0 Å². The average molecular weight is 472 g/mol. The van der Waals surface area contributed by atoms with Gasteiger partial charge in [-0.2, -0.15) is 0 Å². The first-order valence-electron chi connectivity index (χ1n) is 10.1. The molecule has 0 spiro atoms. The van der Waals surface area contributed by atoms with E-state index < -0.39 is 25.5 Å². The second-order valence-electron chi connectivity index (χ2n) is 7.52. The number of carbonyl (C=O) groups excluding carboxylic acids is 1. The van der Waals surface area contributed by atoms with Crippen molar-refractivity contribution < 1.29 is 13.2 Å². The van der Waals surface area contributed by atoms with Crippen molar-refractivity contribution in [1.82, 2.24) is 9.97 Å². The summed E-state index contributed by atoms with van der Waals surface area (Å²) >= 11 is 1.08. The van der Waals surface area contributed by atoms with Crippen LogP contribution >= 0.6 is 11.8 Å². The van der Waals surface area contributed by atoms with E-state index in [2.05, 4.69) is 15.3 Å². The number of aromatic nitrogens is 2. The maximum Gasteiger partial charge on any atom is 0.270 e. The van der Waals surface area contributed by atoms with Crippen molar-refractivity contribution >= 4 is 33.2 Å². The summed E-state index contributed by atoms with van der Waals surface area (Å²) in [7, 11) is -4.00. The molecule has 0 fully saturated rings. The Morgan fingerprint density at radius 1 is 1.09 bits per heavy atom. The summed E-state index contributed by atoms with van der Waals surface area (Å²) in [6.45, 7) is 7.56. The summed E-state index contributed by atoms with van der Waals surface area (Å²) in [4.78, 5) is 31.5. The van der Waals surface area contributed by atoms with Crippen LogP contribution in [0.2, 0.25) is 0 Å². The van der Waals surface area contributed by atoms with Crippen molar-refractivity contribution in [2.75, 3.05) is 5.32 Å². The van der Waals surface area contributed by atoms with Gasteiger partial charge in [0.15, 0.2) is 10.1 Å². The van der Waals surface area contributed by atoms with E-state index in [0.717, 1.165) is 40.3 Å². The number of nitrogens with zero attached hydrogens (tertiary/aromatic N) is 1. The van der Waals surface area contributed by atoms with Gasteiger partial charge in [-0.3, -0.25) is 9.59 Å². The molecule has 1 heterocycles. The largest absolute Gasteiger partial charge is 0.325 e. The molecule has 0 bridgehead atoms. The molecule has 168 valence electrons. The topological polar surface area (TPSA) is 109 Å². The third kappa shape index (κ3) is 5.28. The standard InChI is InChI=1S/C23H25N3O4S2/c1-5-19(21(27)25-18-12-15(3)6-9-16(18)4)31-23-24-13-20(22(28)26-23)32(29,30)17-10-7-14(2)8-11-17/h6-13,19H,5H2,1-4H3,(H,25,27)(H,24,26,28). The minimum absolute atomic E-state index is 0.0233. The van der Waals surface area contributed by atoms with Crippen LogP contribution in [0.4, 0.5) is 5.69 Å². The molecule has 1 aromatic heterocycles. The molecule has 0 aliphatic rings. The summed E-state index contributed by atoms with van der Waals surface area (Å²) in [6.07, 6.45) is 1.54. The number of H-pyrrole nitrogens is 1. The molecular formula is C23H25N3O4S2. The number of anilines is 1. The van der Waals surface area contributed by atoms with Crippen LogP contribution in [-0.4, -0.2) is 29.5 Å². The van der Waals surface area contributed by atoms with E-state index in [9.17, 15) is 18.0 Å². The highest BCUT2D eigenvalue weighted by molar-refractivity contribution is 8.00.